The number of amides is 1. The second kappa shape index (κ2) is 9.44. The van der Waals surface area contributed by atoms with Gasteiger partial charge in [0.05, 0.1) is 31.2 Å². The lowest BCUT2D eigenvalue weighted by atomic mass is 10.0. The van der Waals surface area contributed by atoms with Crippen LogP contribution in [-0.2, 0) is 22.1 Å². The van der Waals surface area contributed by atoms with E-state index in [1.807, 2.05) is 19.9 Å². The molecule has 8 nitrogen and oxygen atoms in total. The molecule has 1 saturated heterocycles. The molecular weight excluding hydrogens is 437 g/mol. The predicted molar refractivity (Wildman–Crippen MR) is 114 cm³/mol. The molecule has 0 aliphatic carbocycles. The summed E-state index contributed by atoms with van der Waals surface area (Å²) in [5.41, 5.74) is 1.68. The van der Waals surface area contributed by atoms with Crippen molar-refractivity contribution in [1.82, 2.24) is 29.8 Å². The molecule has 3 heterocycles. The van der Waals surface area contributed by atoms with Crippen LogP contribution in [0.1, 0.15) is 34.4 Å². The molecule has 33 heavy (non-hydrogen) atoms. The number of nitrogens with one attached hydrogen (secondary N) is 1. The summed E-state index contributed by atoms with van der Waals surface area (Å²) < 4.78 is 45.9. The lowest BCUT2D eigenvalue weighted by Gasteiger charge is -2.35. The number of aromatic nitrogens is 4. The van der Waals surface area contributed by atoms with Crippen LogP contribution in [0.15, 0.2) is 30.3 Å². The normalized spacial score (nSPS) is 16.2. The van der Waals surface area contributed by atoms with Gasteiger partial charge in [0.2, 0.25) is 5.91 Å². The first-order valence-electron chi connectivity index (χ1n) is 10.7. The summed E-state index contributed by atoms with van der Waals surface area (Å²) in [4.78, 5) is 23.4. The van der Waals surface area contributed by atoms with Gasteiger partial charge < -0.3 is 10.1 Å². The summed E-state index contributed by atoms with van der Waals surface area (Å²) >= 11 is 0. The standard InChI is InChI=1S/C22H25F3N6O2/c1-14-11-15(2)31-21(27-14)28-19(29-31)12-20(32)26-13-18(30-7-9-33-10-8-30)16-3-5-17(6-4-16)22(23,24)25/h3-6,11,18H,7-10,12-13H2,1-2H3,(H,26,32). The Hall–Kier alpha value is -3.05. The summed E-state index contributed by atoms with van der Waals surface area (Å²) in [6.45, 7) is 6.30. The molecule has 0 bridgehead atoms. The summed E-state index contributed by atoms with van der Waals surface area (Å²) in [5.74, 6) is 0.517. The van der Waals surface area contributed by atoms with Crippen molar-refractivity contribution in [3.8, 4) is 0 Å². The predicted octanol–water partition coefficient (Wildman–Crippen LogP) is 2.49. The Labute approximate surface area is 188 Å². The number of benzene rings is 1. The number of rotatable bonds is 6. The van der Waals surface area contributed by atoms with Crippen molar-refractivity contribution >= 4 is 11.7 Å². The minimum absolute atomic E-state index is 0.0231. The van der Waals surface area contributed by atoms with E-state index in [2.05, 4.69) is 25.3 Å². The number of halogens is 3. The average Bonchev–Trinajstić information content (AvgIpc) is 3.17. The third-order valence-corrected chi connectivity index (χ3v) is 5.58. The average molecular weight is 462 g/mol. The number of ether oxygens (including phenoxy) is 1. The fourth-order valence-electron chi connectivity index (χ4n) is 3.94. The van der Waals surface area contributed by atoms with Gasteiger partial charge in [-0.2, -0.15) is 18.2 Å². The molecule has 3 aromatic rings. The van der Waals surface area contributed by atoms with E-state index in [9.17, 15) is 18.0 Å². The molecule has 2 aromatic heterocycles. The lowest BCUT2D eigenvalue weighted by Crippen LogP contribution is -2.44. The van der Waals surface area contributed by atoms with Crippen molar-refractivity contribution in [3.63, 3.8) is 0 Å². The maximum absolute atomic E-state index is 13.0. The molecule has 0 saturated carbocycles. The van der Waals surface area contributed by atoms with E-state index in [1.165, 1.54) is 12.1 Å². The van der Waals surface area contributed by atoms with E-state index in [4.69, 9.17) is 4.74 Å². The quantitative estimate of drug-likeness (QED) is 0.606. The number of nitrogens with zero attached hydrogens (tertiary/aromatic N) is 5. The fourth-order valence-corrected chi connectivity index (χ4v) is 3.94. The van der Waals surface area contributed by atoms with E-state index in [-0.39, 0.29) is 24.9 Å². The molecule has 1 unspecified atom stereocenters. The molecule has 176 valence electrons. The maximum atomic E-state index is 13.0. The highest BCUT2D eigenvalue weighted by molar-refractivity contribution is 5.77. The van der Waals surface area contributed by atoms with E-state index in [0.29, 0.717) is 43.5 Å². The number of carbonyl (C=O) groups is 1. The summed E-state index contributed by atoms with van der Waals surface area (Å²) in [5, 5.41) is 7.24. The highest BCUT2D eigenvalue weighted by Gasteiger charge is 2.31. The molecule has 0 spiro atoms. The zero-order valence-electron chi connectivity index (χ0n) is 18.4. The van der Waals surface area contributed by atoms with Crippen LogP contribution < -0.4 is 5.32 Å². The second-order valence-corrected chi connectivity index (χ2v) is 8.04. The van der Waals surface area contributed by atoms with Gasteiger partial charge in [-0.3, -0.25) is 9.69 Å². The van der Waals surface area contributed by atoms with Crippen LogP contribution in [0.3, 0.4) is 0 Å². The first-order chi connectivity index (χ1) is 15.7. The van der Waals surface area contributed by atoms with Crippen molar-refractivity contribution in [1.29, 1.82) is 0 Å². The Morgan fingerprint density at radius 1 is 1.15 bits per heavy atom. The zero-order valence-corrected chi connectivity index (χ0v) is 18.4. The Kier molecular flexibility index (Phi) is 6.61. The van der Waals surface area contributed by atoms with Crippen molar-refractivity contribution in [2.75, 3.05) is 32.8 Å². The summed E-state index contributed by atoms with van der Waals surface area (Å²) in [7, 11) is 0. The minimum atomic E-state index is -4.39. The smallest absolute Gasteiger partial charge is 0.379 e. The molecule has 1 aliphatic heterocycles. The van der Waals surface area contributed by atoms with Crippen molar-refractivity contribution < 1.29 is 22.7 Å². The molecule has 4 rings (SSSR count). The van der Waals surface area contributed by atoms with Gasteiger partial charge in [-0.25, -0.2) is 9.50 Å². The van der Waals surface area contributed by atoms with Gasteiger partial charge >= 0.3 is 6.18 Å². The third-order valence-electron chi connectivity index (χ3n) is 5.58. The zero-order chi connectivity index (χ0) is 23.6. The van der Waals surface area contributed by atoms with Crippen molar-refractivity contribution in [2.45, 2.75) is 32.5 Å². The van der Waals surface area contributed by atoms with Crippen LogP contribution in [0.2, 0.25) is 0 Å². The number of hydrogen-bond acceptors (Lipinski definition) is 6. The fraction of sp³-hybridized carbons (Fsp3) is 0.455. The van der Waals surface area contributed by atoms with Crippen LogP contribution in [0.5, 0.6) is 0 Å². The molecule has 1 N–H and O–H groups in total. The van der Waals surface area contributed by atoms with E-state index >= 15 is 0 Å². The molecule has 1 atom stereocenters. The van der Waals surface area contributed by atoms with Crippen LogP contribution in [-0.4, -0.2) is 63.2 Å². The molecule has 11 heteroatoms. The molecule has 0 radical (unpaired) electrons. The van der Waals surface area contributed by atoms with Gasteiger partial charge in [-0.1, -0.05) is 12.1 Å². The van der Waals surface area contributed by atoms with E-state index in [1.54, 1.807) is 4.52 Å². The van der Waals surface area contributed by atoms with Crippen LogP contribution in [0, 0.1) is 13.8 Å². The Morgan fingerprint density at radius 2 is 1.85 bits per heavy atom. The largest absolute Gasteiger partial charge is 0.416 e. The van der Waals surface area contributed by atoms with Crippen LogP contribution >= 0.6 is 0 Å². The summed E-state index contributed by atoms with van der Waals surface area (Å²) in [6.07, 6.45) is -4.42. The SMILES string of the molecule is Cc1cc(C)n2nc(CC(=O)NCC(c3ccc(C(F)(F)F)cc3)N3CCOCC3)nc2n1. The summed E-state index contributed by atoms with van der Waals surface area (Å²) in [6, 6.07) is 6.68. The molecule has 1 fully saturated rings. The van der Waals surface area contributed by atoms with Crippen LogP contribution in [0.25, 0.3) is 5.78 Å². The number of carbonyl (C=O) groups excluding carboxylic acids is 1. The highest BCUT2D eigenvalue weighted by Crippen LogP contribution is 2.31. The Morgan fingerprint density at radius 3 is 2.52 bits per heavy atom. The van der Waals surface area contributed by atoms with Gasteiger partial charge in [0, 0.05) is 31.0 Å². The molecular formula is C22H25F3N6O2. The molecule has 1 aromatic carbocycles. The molecule has 1 amide bonds. The van der Waals surface area contributed by atoms with Gasteiger partial charge in [0.15, 0.2) is 5.82 Å². The number of hydrogen-bond donors (Lipinski definition) is 1. The topological polar surface area (TPSA) is 84.7 Å². The monoisotopic (exact) mass is 462 g/mol. The van der Waals surface area contributed by atoms with Crippen molar-refractivity contribution in [3.05, 3.63) is 58.7 Å². The minimum Gasteiger partial charge on any atom is -0.379 e. The van der Waals surface area contributed by atoms with E-state index in [0.717, 1.165) is 23.5 Å². The highest BCUT2D eigenvalue weighted by atomic mass is 19.4. The second-order valence-electron chi connectivity index (χ2n) is 8.04. The third kappa shape index (κ3) is 5.48. The first-order valence-corrected chi connectivity index (χ1v) is 10.7. The van der Waals surface area contributed by atoms with Gasteiger partial charge in [0.1, 0.15) is 0 Å². The van der Waals surface area contributed by atoms with E-state index < -0.39 is 11.7 Å². The van der Waals surface area contributed by atoms with Gasteiger partial charge in [0.25, 0.3) is 5.78 Å². The Bertz CT molecular complexity index is 1120. The van der Waals surface area contributed by atoms with Crippen molar-refractivity contribution in [2.24, 2.45) is 0 Å². The van der Waals surface area contributed by atoms with Gasteiger partial charge in [-0.05, 0) is 37.6 Å². The lowest BCUT2D eigenvalue weighted by molar-refractivity contribution is -0.137. The number of fused-ring (bicyclic) bond motifs is 1. The first kappa shape index (κ1) is 23.1. The van der Waals surface area contributed by atoms with Gasteiger partial charge in [-0.15, -0.1) is 5.10 Å². The maximum Gasteiger partial charge on any atom is 0.416 e. The number of alkyl halides is 3. The Balaban J connectivity index is 1.46. The van der Waals surface area contributed by atoms with Crippen LogP contribution in [0.4, 0.5) is 13.2 Å². The number of morpholine rings is 1. The number of aryl methyl sites for hydroxylation is 2. The molecule has 1 aliphatic rings.